The lowest BCUT2D eigenvalue weighted by Crippen LogP contribution is -2.10. The fraction of sp³-hybridized carbons (Fsp3) is 1.00. The predicted molar refractivity (Wildman–Crippen MR) is 39.3 cm³/mol. The summed E-state index contributed by atoms with van der Waals surface area (Å²) in [6, 6.07) is 0. The molecular weight excluding hydrogens is 115 g/mol. The zero-order valence-corrected chi connectivity index (χ0v) is 6.65. The average Bonchev–Trinajstić information content (AvgIpc) is 1.87. The van der Waals surface area contributed by atoms with Crippen molar-refractivity contribution in [1.82, 2.24) is 0 Å². The van der Waals surface area contributed by atoms with E-state index in [2.05, 4.69) is 6.92 Å². The van der Waals surface area contributed by atoms with Crippen LogP contribution < -0.4 is 0 Å². The zero-order chi connectivity index (χ0) is 7.28. The van der Waals surface area contributed by atoms with Crippen LogP contribution in [-0.2, 0) is 0 Å². The fourth-order valence-electron chi connectivity index (χ4n) is 1.04. The van der Waals surface area contributed by atoms with Gasteiger partial charge in [0, 0.05) is 0 Å². The van der Waals surface area contributed by atoms with Crippen molar-refractivity contribution < 1.29 is 4.39 Å². The van der Waals surface area contributed by atoms with Crippen LogP contribution in [-0.4, -0.2) is 6.17 Å². The van der Waals surface area contributed by atoms with E-state index < -0.39 is 6.17 Å². The molecule has 0 rings (SSSR count). The Bertz CT molecular complexity index is 61.6. The first kappa shape index (κ1) is 8.93. The molecule has 0 aliphatic heterocycles. The fourth-order valence-corrected chi connectivity index (χ4v) is 1.04. The molecule has 0 heterocycles. The van der Waals surface area contributed by atoms with Crippen LogP contribution in [0.25, 0.3) is 0 Å². The number of halogens is 1. The van der Waals surface area contributed by atoms with Crippen LogP contribution in [0.1, 0.15) is 40.0 Å². The first-order valence-corrected chi connectivity index (χ1v) is 3.86. The van der Waals surface area contributed by atoms with Gasteiger partial charge >= 0.3 is 0 Å². The van der Waals surface area contributed by atoms with Gasteiger partial charge in [0.1, 0.15) is 6.17 Å². The summed E-state index contributed by atoms with van der Waals surface area (Å²) < 4.78 is 12.7. The molecule has 0 bridgehead atoms. The van der Waals surface area contributed by atoms with E-state index in [9.17, 15) is 4.39 Å². The molecule has 2 atom stereocenters. The normalized spacial score (nSPS) is 17.3. The largest absolute Gasteiger partial charge is 0.247 e. The molecule has 0 aliphatic rings. The molecule has 0 fully saturated rings. The second-order valence-corrected chi connectivity index (χ2v) is 2.69. The van der Waals surface area contributed by atoms with E-state index in [4.69, 9.17) is 0 Å². The van der Waals surface area contributed by atoms with E-state index in [1.54, 1.807) is 0 Å². The van der Waals surface area contributed by atoms with E-state index >= 15 is 0 Å². The summed E-state index contributed by atoms with van der Waals surface area (Å²) in [6.07, 6.45) is 2.21. The Morgan fingerprint density at radius 2 is 1.89 bits per heavy atom. The topological polar surface area (TPSA) is 0 Å². The lowest BCUT2D eigenvalue weighted by atomic mass is 9.99. The number of hydrogen-bond acceptors (Lipinski definition) is 0. The molecule has 56 valence electrons. The van der Waals surface area contributed by atoms with Crippen molar-refractivity contribution in [3.8, 4) is 0 Å². The Balaban J connectivity index is 3.32. The SMILES string of the molecule is CCCC(C)C(F)CC. The summed E-state index contributed by atoms with van der Waals surface area (Å²) in [5.74, 6) is 0.264. The predicted octanol–water partition coefficient (Wildman–Crippen LogP) is 3.17. The lowest BCUT2D eigenvalue weighted by molar-refractivity contribution is 0.224. The third-order valence-corrected chi connectivity index (χ3v) is 1.75. The molecule has 1 heteroatoms. The van der Waals surface area contributed by atoms with Gasteiger partial charge in [0.2, 0.25) is 0 Å². The van der Waals surface area contributed by atoms with Gasteiger partial charge in [-0.2, -0.15) is 0 Å². The van der Waals surface area contributed by atoms with Gasteiger partial charge in [-0.15, -0.1) is 0 Å². The maximum Gasteiger partial charge on any atom is 0.102 e. The standard InChI is InChI=1S/C8H17F/c1-4-6-7(3)8(9)5-2/h7-8H,4-6H2,1-3H3. The highest BCUT2D eigenvalue weighted by molar-refractivity contribution is 4.61. The maximum absolute atomic E-state index is 12.7. The van der Waals surface area contributed by atoms with Gasteiger partial charge in [0.15, 0.2) is 0 Å². The molecule has 0 N–H and O–H groups in total. The highest BCUT2D eigenvalue weighted by atomic mass is 19.1. The van der Waals surface area contributed by atoms with E-state index in [1.807, 2.05) is 13.8 Å². The van der Waals surface area contributed by atoms with Crippen molar-refractivity contribution in [3.05, 3.63) is 0 Å². The minimum Gasteiger partial charge on any atom is -0.247 e. The summed E-state index contributed by atoms with van der Waals surface area (Å²) >= 11 is 0. The quantitative estimate of drug-likeness (QED) is 0.551. The van der Waals surface area contributed by atoms with E-state index in [0.717, 1.165) is 12.8 Å². The Kier molecular flexibility index (Phi) is 4.74. The number of alkyl halides is 1. The molecule has 0 nitrogen and oxygen atoms in total. The Morgan fingerprint density at radius 1 is 1.33 bits per heavy atom. The minimum atomic E-state index is -0.579. The van der Waals surface area contributed by atoms with Crippen molar-refractivity contribution in [1.29, 1.82) is 0 Å². The molecule has 0 aromatic rings. The van der Waals surface area contributed by atoms with Crippen molar-refractivity contribution in [2.45, 2.75) is 46.2 Å². The zero-order valence-electron chi connectivity index (χ0n) is 6.65. The maximum atomic E-state index is 12.7. The van der Waals surface area contributed by atoms with Crippen LogP contribution in [0.2, 0.25) is 0 Å². The summed E-state index contributed by atoms with van der Waals surface area (Å²) in [5.41, 5.74) is 0. The molecule has 0 radical (unpaired) electrons. The lowest BCUT2D eigenvalue weighted by Gasteiger charge is -2.12. The Labute approximate surface area is 57.5 Å². The molecule has 0 aliphatic carbocycles. The first-order valence-electron chi connectivity index (χ1n) is 3.86. The number of hydrogen-bond donors (Lipinski definition) is 0. The molecule has 0 aromatic carbocycles. The van der Waals surface area contributed by atoms with Crippen molar-refractivity contribution >= 4 is 0 Å². The minimum absolute atomic E-state index is 0.264. The summed E-state index contributed by atoms with van der Waals surface area (Å²) in [6.45, 7) is 5.98. The highest BCUT2D eigenvalue weighted by Crippen LogP contribution is 2.15. The average molecular weight is 132 g/mol. The van der Waals surface area contributed by atoms with Gasteiger partial charge in [-0.25, -0.2) is 4.39 Å². The van der Waals surface area contributed by atoms with Crippen LogP contribution in [0.5, 0.6) is 0 Å². The van der Waals surface area contributed by atoms with Crippen LogP contribution in [0, 0.1) is 5.92 Å². The van der Waals surface area contributed by atoms with Crippen LogP contribution in [0.15, 0.2) is 0 Å². The van der Waals surface area contributed by atoms with Crippen LogP contribution in [0.4, 0.5) is 4.39 Å². The summed E-state index contributed by atoms with van der Waals surface area (Å²) in [7, 11) is 0. The van der Waals surface area contributed by atoms with Gasteiger partial charge < -0.3 is 0 Å². The summed E-state index contributed by atoms with van der Waals surface area (Å²) in [4.78, 5) is 0. The Morgan fingerprint density at radius 3 is 2.22 bits per heavy atom. The van der Waals surface area contributed by atoms with Gasteiger partial charge in [0.25, 0.3) is 0 Å². The van der Waals surface area contributed by atoms with Crippen LogP contribution >= 0.6 is 0 Å². The summed E-state index contributed by atoms with van der Waals surface area (Å²) in [5, 5.41) is 0. The smallest absolute Gasteiger partial charge is 0.102 e. The van der Waals surface area contributed by atoms with Gasteiger partial charge in [-0.1, -0.05) is 27.2 Å². The third-order valence-electron chi connectivity index (χ3n) is 1.75. The van der Waals surface area contributed by atoms with Crippen molar-refractivity contribution in [2.75, 3.05) is 0 Å². The molecule has 0 saturated carbocycles. The Hall–Kier alpha value is -0.0700. The van der Waals surface area contributed by atoms with Gasteiger partial charge in [-0.3, -0.25) is 0 Å². The highest BCUT2D eigenvalue weighted by Gasteiger charge is 2.11. The van der Waals surface area contributed by atoms with Gasteiger partial charge in [0.05, 0.1) is 0 Å². The van der Waals surface area contributed by atoms with E-state index in [0.29, 0.717) is 6.42 Å². The molecule has 0 saturated heterocycles. The molecule has 0 spiro atoms. The van der Waals surface area contributed by atoms with E-state index in [1.165, 1.54) is 0 Å². The molecular formula is C8H17F. The molecule has 2 unspecified atom stereocenters. The van der Waals surface area contributed by atoms with E-state index in [-0.39, 0.29) is 5.92 Å². The van der Waals surface area contributed by atoms with Crippen LogP contribution in [0.3, 0.4) is 0 Å². The molecule has 0 aromatic heterocycles. The van der Waals surface area contributed by atoms with Crippen molar-refractivity contribution in [3.63, 3.8) is 0 Å². The second-order valence-electron chi connectivity index (χ2n) is 2.69. The molecule has 9 heavy (non-hydrogen) atoms. The first-order chi connectivity index (χ1) is 4.22. The van der Waals surface area contributed by atoms with Gasteiger partial charge in [-0.05, 0) is 18.8 Å². The third kappa shape index (κ3) is 3.50. The number of rotatable bonds is 4. The monoisotopic (exact) mass is 132 g/mol. The second kappa shape index (κ2) is 4.78. The van der Waals surface area contributed by atoms with Crippen molar-refractivity contribution in [2.24, 2.45) is 5.92 Å². The molecule has 0 amide bonds.